The van der Waals surface area contributed by atoms with E-state index in [0.29, 0.717) is 24.8 Å². The van der Waals surface area contributed by atoms with Crippen LogP contribution in [0.5, 0.6) is 11.5 Å². The molecule has 146 valence electrons. The number of phenols is 1. The topological polar surface area (TPSA) is 75.1 Å². The molecule has 0 aromatic heterocycles. The number of hydrogen-bond donors (Lipinski definition) is 3. The minimum atomic E-state index is 0.258. The van der Waals surface area contributed by atoms with E-state index in [0.717, 1.165) is 31.1 Å². The average molecular weight is 364 g/mol. The maximum atomic E-state index is 9.99. The highest BCUT2D eigenvalue weighted by Gasteiger charge is 2.13. The van der Waals surface area contributed by atoms with Gasteiger partial charge in [0.15, 0.2) is 5.96 Å². The molecule has 1 aromatic rings. The summed E-state index contributed by atoms with van der Waals surface area (Å²) in [6.07, 6.45) is 8.56. The van der Waals surface area contributed by atoms with E-state index in [1.165, 1.54) is 32.1 Å². The minimum absolute atomic E-state index is 0.258. The van der Waals surface area contributed by atoms with Gasteiger partial charge in [0, 0.05) is 32.8 Å². The van der Waals surface area contributed by atoms with E-state index >= 15 is 0 Å². The molecule has 0 saturated heterocycles. The summed E-state index contributed by atoms with van der Waals surface area (Å²) in [6.45, 7) is 2.33. The van der Waals surface area contributed by atoms with Crippen molar-refractivity contribution in [2.45, 2.75) is 51.0 Å². The molecule has 3 N–H and O–H groups in total. The zero-order valence-corrected chi connectivity index (χ0v) is 16.1. The first-order chi connectivity index (χ1) is 12.7. The van der Waals surface area contributed by atoms with Gasteiger partial charge in [-0.15, -0.1) is 0 Å². The summed E-state index contributed by atoms with van der Waals surface area (Å²) in [5, 5.41) is 16.6. The first-order valence-electron chi connectivity index (χ1n) is 9.65. The summed E-state index contributed by atoms with van der Waals surface area (Å²) in [4.78, 5) is 4.23. The number of aliphatic imine (C=N–C) groups is 1. The molecule has 2 rings (SSSR count). The molecule has 1 saturated carbocycles. The van der Waals surface area contributed by atoms with Gasteiger partial charge < -0.3 is 25.2 Å². The molecule has 1 fully saturated rings. The van der Waals surface area contributed by atoms with Gasteiger partial charge >= 0.3 is 0 Å². The van der Waals surface area contributed by atoms with E-state index in [4.69, 9.17) is 9.47 Å². The molecule has 26 heavy (non-hydrogen) atoms. The molecule has 1 aromatic carbocycles. The first kappa shape index (κ1) is 20.4. The van der Waals surface area contributed by atoms with Crippen LogP contribution in [0.15, 0.2) is 23.2 Å². The fraction of sp³-hybridized carbons (Fsp3) is 0.650. The molecular formula is C20H33N3O3. The van der Waals surface area contributed by atoms with Crippen molar-refractivity contribution in [3.8, 4) is 11.5 Å². The van der Waals surface area contributed by atoms with E-state index in [1.807, 2.05) is 12.1 Å². The highest BCUT2D eigenvalue weighted by atomic mass is 16.5. The number of nitrogens with one attached hydrogen (secondary N) is 2. The minimum Gasteiger partial charge on any atom is -0.508 e. The highest BCUT2D eigenvalue weighted by molar-refractivity contribution is 5.79. The van der Waals surface area contributed by atoms with Crippen LogP contribution < -0.4 is 15.4 Å². The third-order valence-electron chi connectivity index (χ3n) is 4.72. The summed E-state index contributed by atoms with van der Waals surface area (Å²) in [5.74, 6) is 1.69. The van der Waals surface area contributed by atoms with Gasteiger partial charge in [0.1, 0.15) is 11.5 Å². The Morgan fingerprint density at radius 1 is 1.19 bits per heavy atom. The van der Waals surface area contributed by atoms with Crippen molar-refractivity contribution in [1.29, 1.82) is 0 Å². The maximum absolute atomic E-state index is 9.99. The molecule has 1 aliphatic carbocycles. The Hall–Kier alpha value is -1.95. The predicted octanol–water partition coefficient (Wildman–Crippen LogP) is 2.85. The van der Waals surface area contributed by atoms with Crippen LogP contribution in [0.3, 0.4) is 0 Å². The number of hydrogen-bond acceptors (Lipinski definition) is 4. The van der Waals surface area contributed by atoms with E-state index in [2.05, 4.69) is 15.6 Å². The molecule has 0 spiro atoms. The van der Waals surface area contributed by atoms with Gasteiger partial charge in [0.25, 0.3) is 0 Å². The third-order valence-corrected chi connectivity index (χ3v) is 4.72. The zero-order chi connectivity index (χ0) is 18.6. The van der Waals surface area contributed by atoms with Gasteiger partial charge in [-0.05, 0) is 37.3 Å². The van der Waals surface area contributed by atoms with Crippen molar-refractivity contribution < 1.29 is 14.6 Å². The first-order valence-corrected chi connectivity index (χ1v) is 9.65. The monoisotopic (exact) mass is 363 g/mol. The Balaban J connectivity index is 1.58. The Labute approximate surface area is 157 Å². The second-order valence-corrected chi connectivity index (χ2v) is 6.65. The number of aromatic hydroxyl groups is 1. The van der Waals surface area contributed by atoms with Crippen LogP contribution in [-0.2, 0) is 11.2 Å². The number of phenolic OH excluding ortho intramolecular Hbond substituents is 1. The highest BCUT2D eigenvalue weighted by Crippen LogP contribution is 2.23. The smallest absolute Gasteiger partial charge is 0.190 e. The Morgan fingerprint density at radius 2 is 1.96 bits per heavy atom. The van der Waals surface area contributed by atoms with Crippen LogP contribution in [0.4, 0.5) is 0 Å². The average Bonchev–Trinajstić information content (AvgIpc) is 2.68. The van der Waals surface area contributed by atoms with Gasteiger partial charge in [0.05, 0.1) is 13.2 Å². The van der Waals surface area contributed by atoms with Crippen molar-refractivity contribution in [2.24, 2.45) is 4.99 Å². The van der Waals surface area contributed by atoms with Crippen LogP contribution >= 0.6 is 0 Å². The number of ether oxygens (including phenoxy) is 2. The molecule has 1 aliphatic rings. The van der Waals surface area contributed by atoms with Gasteiger partial charge in [-0.3, -0.25) is 4.99 Å². The van der Waals surface area contributed by atoms with Crippen LogP contribution in [0.1, 0.15) is 44.1 Å². The lowest BCUT2D eigenvalue weighted by atomic mass is 9.98. The molecule has 0 unspecified atom stereocenters. The lowest BCUT2D eigenvalue weighted by Gasteiger charge is -2.22. The standard InChI is InChI=1S/C20H33N3O3/c1-21-20(22-12-6-14-26-17-7-4-3-5-8-17)23-13-11-16-9-10-18(25-2)15-19(16)24/h9-10,15,17,24H,3-8,11-14H2,1-2H3,(H2,21,22,23). The molecular weight excluding hydrogens is 330 g/mol. The van der Waals surface area contributed by atoms with E-state index < -0.39 is 0 Å². The molecule has 0 radical (unpaired) electrons. The maximum Gasteiger partial charge on any atom is 0.190 e. The summed E-state index contributed by atoms with van der Waals surface area (Å²) in [6, 6.07) is 5.37. The van der Waals surface area contributed by atoms with Crippen molar-refractivity contribution in [3.63, 3.8) is 0 Å². The van der Waals surface area contributed by atoms with Gasteiger partial charge in [-0.25, -0.2) is 0 Å². The predicted molar refractivity (Wildman–Crippen MR) is 105 cm³/mol. The quantitative estimate of drug-likeness (QED) is 0.357. The molecule has 0 bridgehead atoms. The SMILES string of the molecule is CN=C(NCCCOC1CCCCC1)NCCc1ccc(OC)cc1O. The Bertz CT molecular complexity index is 557. The van der Waals surface area contributed by atoms with Crippen LogP contribution in [0, 0.1) is 0 Å². The Morgan fingerprint density at radius 3 is 2.65 bits per heavy atom. The van der Waals surface area contributed by atoms with Crippen LogP contribution in [0.2, 0.25) is 0 Å². The molecule has 6 nitrogen and oxygen atoms in total. The summed E-state index contributed by atoms with van der Waals surface area (Å²) in [7, 11) is 3.35. The molecule has 0 atom stereocenters. The number of rotatable bonds is 9. The normalized spacial score (nSPS) is 15.7. The molecule has 6 heteroatoms. The second kappa shape index (κ2) is 11.6. The van der Waals surface area contributed by atoms with Crippen molar-refractivity contribution >= 4 is 5.96 Å². The lowest BCUT2D eigenvalue weighted by molar-refractivity contribution is 0.0277. The number of nitrogens with zero attached hydrogens (tertiary/aromatic N) is 1. The van der Waals surface area contributed by atoms with Crippen LogP contribution in [-0.4, -0.2) is 51.0 Å². The zero-order valence-electron chi connectivity index (χ0n) is 16.1. The third kappa shape index (κ3) is 7.12. The lowest BCUT2D eigenvalue weighted by Crippen LogP contribution is -2.39. The number of guanidine groups is 1. The molecule has 0 amide bonds. The summed E-state index contributed by atoms with van der Waals surface area (Å²) in [5.41, 5.74) is 0.884. The fourth-order valence-corrected chi connectivity index (χ4v) is 3.18. The second-order valence-electron chi connectivity index (χ2n) is 6.65. The Kier molecular flexibility index (Phi) is 9.10. The number of methoxy groups -OCH3 is 1. The van der Waals surface area contributed by atoms with Crippen molar-refractivity contribution in [2.75, 3.05) is 33.9 Å². The number of benzene rings is 1. The fourth-order valence-electron chi connectivity index (χ4n) is 3.18. The summed E-state index contributed by atoms with van der Waals surface area (Å²) < 4.78 is 11.0. The molecule has 0 heterocycles. The largest absolute Gasteiger partial charge is 0.508 e. The van der Waals surface area contributed by atoms with E-state index in [-0.39, 0.29) is 5.75 Å². The summed E-state index contributed by atoms with van der Waals surface area (Å²) >= 11 is 0. The van der Waals surface area contributed by atoms with Gasteiger partial charge in [-0.1, -0.05) is 25.3 Å². The van der Waals surface area contributed by atoms with Gasteiger partial charge in [0.2, 0.25) is 0 Å². The molecule has 0 aliphatic heterocycles. The van der Waals surface area contributed by atoms with E-state index in [9.17, 15) is 5.11 Å². The van der Waals surface area contributed by atoms with Crippen molar-refractivity contribution in [3.05, 3.63) is 23.8 Å². The van der Waals surface area contributed by atoms with Crippen molar-refractivity contribution in [1.82, 2.24) is 10.6 Å². The van der Waals surface area contributed by atoms with E-state index in [1.54, 1.807) is 20.2 Å². The van der Waals surface area contributed by atoms with Crippen LogP contribution in [0.25, 0.3) is 0 Å². The van der Waals surface area contributed by atoms with Gasteiger partial charge in [-0.2, -0.15) is 0 Å².